The minimum absolute atomic E-state index is 0.0259. The number of hydrogen-bond acceptors (Lipinski definition) is 5. The fourth-order valence-corrected chi connectivity index (χ4v) is 6.99. The van der Waals surface area contributed by atoms with Gasteiger partial charge in [-0.15, -0.1) is 0 Å². The maximum absolute atomic E-state index is 13.8. The van der Waals surface area contributed by atoms with Crippen LogP contribution in [0, 0.1) is 19.7 Å². The van der Waals surface area contributed by atoms with Gasteiger partial charge in [0.1, 0.15) is 16.4 Å². The number of anilines is 1. The number of carbonyl (C=O) groups excluding carboxylic acids is 1. The molecular weight excluding hydrogens is 569 g/mol. The molecule has 9 nitrogen and oxygen atoms in total. The lowest BCUT2D eigenvalue weighted by molar-refractivity contribution is 0.0946. The van der Waals surface area contributed by atoms with Crippen LogP contribution in [-0.2, 0) is 20.1 Å². The highest BCUT2D eigenvalue weighted by molar-refractivity contribution is 7.91. The van der Waals surface area contributed by atoms with Crippen LogP contribution in [0.25, 0.3) is 10.9 Å². The molecule has 3 aromatic carbocycles. The average molecular weight is 594 g/mol. The summed E-state index contributed by atoms with van der Waals surface area (Å²) < 4.78 is 74.8. The minimum Gasteiger partial charge on any atom is -0.351 e. The van der Waals surface area contributed by atoms with E-state index in [0.717, 1.165) is 23.3 Å². The standard InChI is InChI=1S/C26H25ClFN3O6S2/c1-16-12-17(2)14-21(13-16)38(33,34)25-22-15-18(27)4-9-23(22)30-24(25)26(32)29-10-3-11-31(39(35,36)37)20-7-5-19(28)6-8-20/h4-9,12-15,30H,3,10-11H2,1-2H3,(H,29,32)(H,35,36,37). The smallest absolute Gasteiger partial charge is 0.351 e. The fraction of sp³-hybridized carbons (Fsp3) is 0.192. The van der Waals surface area contributed by atoms with E-state index in [-0.39, 0.29) is 51.1 Å². The van der Waals surface area contributed by atoms with Crippen molar-refractivity contribution in [2.45, 2.75) is 30.1 Å². The second-order valence-corrected chi connectivity index (χ2v) is 12.6. The lowest BCUT2D eigenvalue weighted by Crippen LogP contribution is -2.34. The van der Waals surface area contributed by atoms with Crippen LogP contribution in [-0.4, -0.2) is 45.4 Å². The molecule has 3 N–H and O–H groups in total. The van der Waals surface area contributed by atoms with Crippen molar-refractivity contribution in [3.05, 3.63) is 88.3 Å². The van der Waals surface area contributed by atoms with Crippen molar-refractivity contribution in [3.63, 3.8) is 0 Å². The van der Waals surface area contributed by atoms with E-state index in [9.17, 15) is 30.6 Å². The molecule has 0 atom stereocenters. The zero-order chi connectivity index (χ0) is 28.5. The highest BCUT2D eigenvalue weighted by atomic mass is 35.5. The van der Waals surface area contributed by atoms with Crippen molar-refractivity contribution < 1.29 is 30.6 Å². The zero-order valence-electron chi connectivity index (χ0n) is 20.9. The topological polar surface area (TPSA) is 137 Å². The normalized spacial score (nSPS) is 12.0. The van der Waals surface area contributed by atoms with E-state index in [1.807, 2.05) is 6.07 Å². The van der Waals surface area contributed by atoms with Gasteiger partial charge in [0, 0.05) is 29.0 Å². The van der Waals surface area contributed by atoms with Crippen molar-refractivity contribution in [2.75, 3.05) is 17.4 Å². The molecule has 0 radical (unpaired) electrons. The van der Waals surface area contributed by atoms with E-state index in [1.54, 1.807) is 26.0 Å². The second-order valence-electron chi connectivity index (χ2n) is 8.98. The Morgan fingerprint density at radius 1 is 1.00 bits per heavy atom. The largest absolute Gasteiger partial charge is 0.359 e. The first kappa shape index (κ1) is 28.6. The van der Waals surface area contributed by atoms with Gasteiger partial charge in [0.15, 0.2) is 0 Å². The molecule has 1 aromatic heterocycles. The summed E-state index contributed by atoms with van der Waals surface area (Å²) in [5.41, 5.74) is 1.71. The molecular formula is C26H25ClFN3O6S2. The summed E-state index contributed by atoms with van der Waals surface area (Å²) in [6.45, 7) is 3.24. The molecule has 0 spiro atoms. The minimum atomic E-state index is -4.67. The summed E-state index contributed by atoms with van der Waals surface area (Å²) in [6.07, 6.45) is 0.0497. The van der Waals surface area contributed by atoms with E-state index < -0.39 is 31.9 Å². The number of rotatable bonds is 9. The predicted molar refractivity (Wildman–Crippen MR) is 147 cm³/mol. The molecule has 1 amide bonds. The number of nitrogens with one attached hydrogen (secondary N) is 2. The summed E-state index contributed by atoms with van der Waals surface area (Å²) in [5, 5.41) is 3.14. The third-order valence-corrected chi connectivity index (χ3v) is 8.93. The average Bonchev–Trinajstić information content (AvgIpc) is 3.23. The SMILES string of the molecule is Cc1cc(C)cc(S(=O)(=O)c2c(C(=O)NCCCN(c3ccc(F)cc3)S(=O)(=O)O)[nH]c3ccc(Cl)cc23)c1. The summed E-state index contributed by atoms with van der Waals surface area (Å²) in [7, 11) is -8.83. The van der Waals surface area contributed by atoms with Gasteiger partial charge < -0.3 is 10.3 Å². The third-order valence-electron chi connectivity index (χ3n) is 5.93. The number of aromatic nitrogens is 1. The Balaban J connectivity index is 1.61. The third kappa shape index (κ3) is 6.25. The van der Waals surface area contributed by atoms with Crippen molar-refractivity contribution >= 4 is 54.2 Å². The summed E-state index contributed by atoms with van der Waals surface area (Å²) in [6, 6.07) is 14.0. The number of aryl methyl sites for hydroxylation is 2. The van der Waals surface area contributed by atoms with E-state index in [2.05, 4.69) is 10.3 Å². The van der Waals surface area contributed by atoms with Gasteiger partial charge in [-0.05, 0) is 86.0 Å². The van der Waals surface area contributed by atoms with Gasteiger partial charge in [-0.1, -0.05) is 17.7 Å². The predicted octanol–water partition coefficient (Wildman–Crippen LogP) is 4.84. The Kier molecular flexibility index (Phi) is 8.03. The molecule has 0 aliphatic carbocycles. The van der Waals surface area contributed by atoms with E-state index >= 15 is 0 Å². The lowest BCUT2D eigenvalue weighted by atomic mass is 10.2. The maximum atomic E-state index is 13.8. The summed E-state index contributed by atoms with van der Waals surface area (Å²) in [5.74, 6) is -1.31. The number of sulfone groups is 1. The van der Waals surface area contributed by atoms with Crippen molar-refractivity contribution in [2.24, 2.45) is 0 Å². The van der Waals surface area contributed by atoms with Gasteiger partial charge in [-0.25, -0.2) is 17.1 Å². The number of carbonyl (C=O) groups is 1. The number of hydrogen-bond donors (Lipinski definition) is 3. The van der Waals surface area contributed by atoms with Crippen LogP contribution in [0.15, 0.2) is 70.5 Å². The van der Waals surface area contributed by atoms with Gasteiger partial charge in [0.25, 0.3) is 5.91 Å². The van der Waals surface area contributed by atoms with Crippen molar-refractivity contribution in [3.8, 4) is 0 Å². The molecule has 0 saturated carbocycles. The van der Waals surface area contributed by atoms with Crippen LogP contribution in [0.3, 0.4) is 0 Å². The van der Waals surface area contributed by atoms with Gasteiger partial charge in [0.05, 0.1) is 10.6 Å². The molecule has 4 rings (SSSR count). The molecule has 0 bridgehead atoms. The molecule has 1 heterocycles. The van der Waals surface area contributed by atoms with Gasteiger partial charge >= 0.3 is 10.3 Å². The number of H-pyrrole nitrogens is 1. The second kappa shape index (κ2) is 11.0. The van der Waals surface area contributed by atoms with E-state index in [0.29, 0.717) is 9.82 Å². The summed E-state index contributed by atoms with van der Waals surface area (Å²) >= 11 is 6.15. The van der Waals surface area contributed by atoms with Crippen LogP contribution >= 0.6 is 11.6 Å². The molecule has 4 aromatic rings. The number of fused-ring (bicyclic) bond motifs is 1. The Bertz CT molecular complexity index is 1750. The first-order valence-electron chi connectivity index (χ1n) is 11.7. The molecule has 0 aliphatic heterocycles. The maximum Gasteiger partial charge on any atom is 0.359 e. The van der Waals surface area contributed by atoms with E-state index in [4.69, 9.17) is 11.6 Å². The van der Waals surface area contributed by atoms with Gasteiger partial charge in [0.2, 0.25) is 9.84 Å². The highest BCUT2D eigenvalue weighted by Gasteiger charge is 2.30. The molecule has 206 valence electrons. The molecule has 0 saturated heterocycles. The Morgan fingerprint density at radius 2 is 1.64 bits per heavy atom. The van der Waals surface area contributed by atoms with E-state index in [1.165, 1.54) is 30.3 Å². The molecule has 13 heteroatoms. The van der Waals surface area contributed by atoms with Crippen LogP contribution in [0.5, 0.6) is 0 Å². The number of nitrogens with zero attached hydrogens (tertiary/aromatic N) is 1. The Morgan fingerprint density at radius 3 is 2.26 bits per heavy atom. The molecule has 0 unspecified atom stereocenters. The fourth-order valence-electron chi connectivity index (χ4n) is 4.28. The first-order valence-corrected chi connectivity index (χ1v) is 15.0. The van der Waals surface area contributed by atoms with Crippen molar-refractivity contribution in [1.82, 2.24) is 10.3 Å². The quantitative estimate of drug-likeness (QED) is 0.188. The van der Waals surface area contributed by atoms with Crippen LogP contribution in [0.1, 0.15) is 28.0 Å². The lowest BCUT2D eigenvalue weighted by Gasteiger charge is -2.20. The van der Waals surface area contributed by atoms with Crippen LogP contribution in [0.2, 0.25) is 5.02 Å². The van der Waals surface area contributed by atoms with Crippen LogP contribution < -0.4 is 9.62 Å². The number of halogens is 2. The molecule has 0 fully saturated rings. The molecule has 0 aliphatic rings. The Labute approximate surface area is 230 Å². The Hall–Kier alpha value is -3.45. The monoisotopic (exact) mass is 593 g/mol. The molecule has 39 heavy (non-hydrogen) atoms. The first-order chi connectivity index (χ1) is 18.3. The van der Waals surface area contributed by atoms with Crippen molar-refractivity contribution in [1.29, 1.82) is 0 Å². The van der Waals surface area contributed by atoms with Crippen LogP contribution in [0.4, 0.5) is 10.1 Å². The highest BCUT2D eigenvalue weighted by Crippen LogP contribution is 2.34. The van der Waals surface area contributed by atoms with Gasteiger partial charge in [-0.2, -0.15) is 8.42 Å². The number of aromatic amines is 1. The summed E-state index contributed by atoms with van der Waals surface area (Å²) in [4.78, 5) is 15.9. The number of benzene rings is 3. The zero-order valence-corrected chi connectivity index (χ0v) is 23.3. The number of amides is 1. The van der Waals surface area contributed by atoms with Gasteiger partial charge in [-0.3, -0.25) is 9.35 Å².